The van der Waals surface area contributed by atoms with Crippen LogP contribution in [0.5, 0.6) is 0 Å². The molecule has 1 aliphatic carbocycles. The number of hydrogen-bond acceptors (Lipinski definition) is 5. The lowest BCUT2D eigenvalue weighted by Gasteiger charge is -2.24. The third-order valence-electron chi connectivity index (χ3n) is 4.33. The van der Waals surface area contributed by atoms with E-state index in [1.165, 1.54) is 38.5 Å². The van der Waals surface area contributed by atoms with Gasteiger partial charge in [0.1, 0.15) is 0 Å². The molecule has 2 rings (SSSR count). The molecule has 0 aromatic heterocycles. The van der Waals surface area contributed by atoms with E-state index in [4.69, 9.17) is 4.74 Å². The van der Waals surface area contributed by atoms with E-state index in [1.54, 1.807) is 0 Å². The van der Waals surface area contributed by atoms with Crippen molar-refractivity contribution in [2.24, 2.45) is 0 Å². The maximum Gasteiger partial charge on any atom is 0.339 e. The van der Waals surface area contributed by atoms with E-state index in [2.05, 4.69) is 5.32 Å². The molecule has 0 bridgehead atoms. The van der Waals surface area contributed by atoms with E-state index < -0.39 is 17.0 Å². The van der Waals surface area contributed by atoms with Crippen molar-refractivity contribution >= 4 is 17.6 Å². The van der Waals surface area contributed by atoms with Crippen LogP contribution in [0.1, 0.15) is 54.9 Å². The highest BCUT2D eigenvalue weighted by Crippen LogP contribution is 2.22. The summed E-state index contributed by atoms with van der Waals surface area (Å²) in [5.74, 6) is -1.07. The zero-order valence-electron chi connectivity index (χ0n) is 13.9. The molecule has 0 aliphatic heterocycles. The van der Waals surface area contributed by atoms with Gasteiger partial charge in [-0.25, -0.2) is 4.79 Å². The lowest BCUT2D eigenvalue weighted by Crippen LogP contribution is -2.42. The van der Waals surface area contributed by atoms with Crippen LogP contribution in [0.25, 0.3) is 0 Å². The SMILES string of the molecule is Cc1c(C(=O)O[C@H](C)C(=O)NC2CCCCC2)cccc1[N+](=O)[O-]. The summed E-state index contributed by atoms with van der Waals surface area (Å²) in [4.78, 5) is 34.8. The zero-order valence-corrected chi connectivity index (χ0v) is 13.9. The first kappa shape index (κ1) is 17.9. The second-order valence-electron chi connectivity index (χ2n) is 6.10. The van der Waals surface area contributed by atoms with Crippen LogP contribution in [0.4, 0.5) is 5.69 Å². The first-order chi connectivity index (χ1) is 11.4. The van der Waals surface area contributed by atoms with Crippen LogP contribution in [0.2, 0.25) is 0 Å². The monoisotopic (exact) mass is 334 g/mol. The van der Waals surface area contributed by atoms with E-state index in [9.17, 15) is 19.7 Å². The molecule has 0 heterocycles. The molecule has 0 radical (unpaired) electrons. The predicted octanol–water partition coefficient (Wildman–Crippen LogP) is 2.90. The Balaban J connectivity index is 1.99. The Hall–Kier alpha value is -2.44. The molecule has 0 saturated heterocycles. The summed E-state index contributed by atoms with van der Waals surface area (Å²) in [6.45, 7) is 2.99. The third-order valence-corrected chi connectivity index (χ3v) is 4.33. The van der Waals surface area contributed by atoms with Crippen LogP contribution in [0.3, 0.4) is 0 Å². The average Bonchev–Trinajstić information content (AvgIpc) is 2.55. The Morgan fingerprint density at radius 3 is 2.58 bits per heavy atom. The molecule has 1 fully saturated rings. The molecule has 7 nitrogen and oxygen atoms in total. The molecule has 1 atom stereocenters. The van der Waals surface area contributed by atoms with Crippen molar-refractivity contribution in [1.29, 1.82) is 0 Å². The molecule has 1 aromatic rings. The van der Waals surface area contributed by atoms with Gasteiger partial charge in [0.25, 0.3) is 11.6 Å². The quantitative estimate of drug-likeness (QED) is 0.507. The van der Waals surface area contributed by atoms with Crippen molar-refractivity contribution in [3.05, 3.63) is 39.4 Å². The maximum absolute atomic E-state index is 12.2. The number of nitro groups is 1. The normalized spacial score (nSPS) is 16.2. The minimum Gasteiger partial charge on any atom is -0.449 e. The summed E-state index contributed by atoms with van der Waals surface area (Å²) in [6, 6.07) is 4.34. The summed E-state index contributed by atoms with van der Waals surface area (Å²) >= 11 is 0. The van der Waals surface area contributed by atoms with E-state index in [0.717, 1.165) is 25.7 Å². The molecule has 1 aliphatic rings. The Morgan fingerprint density at radius 2 is 1.96 bits per heavy atom. The van der Waals surface area contributed by atoms with Gasteiger partial charge in [-0.15, -0.1) is 0 Å². The second kappa shape index (κ2) is 7.90. The smallest absolute Gasteiger partial charge is 0.339 e. The van der Waals surface area contributed by atoms with Crippen molar-refractivity contribution < 1.29 is 19.2 Å². The summed E-state index contributed by atoms with van der Waals surface area (Å²) in [7, 11) is 0. The van der Waals surface area contributed by atoms with Crippen LogP contribution < -0.4 is 5.32 Å². The Morgan fingerprint density at radius 1 is 1.29 bits per heavy atom. The van der Waals surface area contributed by atoms with Gasteiger partial charge in [0, 0.05) is 17.7 Å². The predicted molar refractivity (Wildman–Crippen MR) is 87.7 cm³/mol. The van der Waals surface area contributed by atoms with Crippen molar-refractivity contribution in [2.75, 3.05) is 0 Å². The maximum atomic E-state index is 12.2. The fraction of sp³-hybridized carbons (Fsp3) is 0.529. The van der Waals surface area contributed by atoms with Gasteiger partial charge in [-0.1, -0.05) is 25.3 Å². The molecule has 7 heteroatoms. The van der Waals surface area contributed by atoms with Crippen molar-refractivity contribution in [2.45, 2.75) is 58.1 Å². The fourth-order valence-electron chi connectivity index (χ4n) is 2.89. The molecule has 0 unspecified atom stereocenters. The Bertz CT molecular complexity index is 638. The number of carbonyl (C=O) groups excluding carboxylic acids is 2. The highest BCUT2D eigenvalue weighted by molar-refractivity contribution is 5.94. The van der Waals surface area contributed by atoms with Crippen molar-refractivity contribution in [3.63, 3.8) is 0 Å². The summed E-state index contributed by atoms with van der Waals surface area (Å²) < 4.78 is 5.18. The number of benzene rings is 1. The number of carbonyl (C=O) groups is 2. The molecular formula is C17H22N2O5. The molecule has 24 heavy (non-hydrogen) atoms. The van der Waals surface area contributed by atoms with Gasteiger partial charge < -0.3 is 10.1 Å². The molecule has 1 N–H and O–H groups in total. The topological polar surface area (TPSA) is 98.5 Å². The third kappa shape index (κ3) is 4.31. The van der Waals surface area contributed by atoms with Gasteiger partial charge in [-0.05, 0) is 32.8 Å². The van der Waals surface area contributed by atoms with E-state index in [1.807, 2.05) is 0 Å². The number of rotatable bonds is 5. The molecule has 1 aromatic carbocycles. The summed E-state index contributed by atoms with van der Waals surface area (Å²) in [5.41, 5.74) is 0.178. The van der Waals surface area contributed by atoms with Gasteiger partial charge in [-0.3, -0.25) is 14.9 Å². The van der Waals surface area contributed by atoms with E-state index >= 15 is 0 Å². The Labute approximate surface area is 140 Å². The summed E-state index contributed by atoms with van der Waals surface area (Å²) in [6.07, 6.45) is 4.30. The van der Waals surface area contributed by atoms with Gasteiger partial charge >= 0.3 is 5.97 Å². The van der Waals surface area contributed by atoms with E-state index in [0.29, 0.717) is 0 Å². The molecular weight excluding hydrogens is 312 g/mol. The van der Waals surface area contributed by atoms with Crippen molar-refractivity contribution in [1.82, 2.24) is 5.32 Å². The standard InChI is InChI=1S/C17H22N2O5/c1-11-14(9-6-10-15(11)19(22)23)17(21)24-12(2)16(20)18-13-7-4-3-5-8-13/h6,9-10,12-13H,3-5,7-8H2,1-2H3,(H,18,20)/t12-/m1/s1. The van der Waals surface area contributed by atoms with Crippen LogP contribution in [-0.4, -0.2) is 28.9 Å². The fourth-order valence-corrected chi connectivity index (χ4v) is 2.89. The average molecular weight is 334 g/mol. The summed E-state index contributed by atoms with van der Waals surface area (Å²) in [5, 5.41) is 13.8. The number of nitrogens with zero attached hydrogens (tertiary/aromatic N) is 1. The molecule has 130 valence electrons. The molecule has 1 amide bonds. The van der Waals surface area contributed by atoms with Crippen LogP contribution >= 0.6 is 0 Å². The van der Waals surface area contributed by atoms with Crippen LogP contribution in [0.15, 0.2) is 18.2 Å². The minimum atomic E-state index is -0.946. The number of amides is 1. The largest absolute Gasteiger partial charge is 0.449 e. The number of hydrogen-bond donors (Lipinski definition) is 1. The van der Waals surface area contributed by atoms with Crippen LogP contribution in [-0.2, 0) is 9.53 Å². The lowest BCUT2D eigenvalue weighted by atomic mass is 9.95. The van der Waals surface area contributed by atoms with E-state index in [-0.39, 0.29) is 28.8 Å². The number of nitrogens with one attached hydrogen (secondary N) is 1. The molecule has 1 saturated carbocycles. The highest BCUT2D eigenvalue weighted by Gasteiger charge is 2.25. The number of ether oxygens (including phenoxy) is 1. The molecule has 0 spiro atoms. The Kier molecular flexibility index (Phi) is 5.89. The highest BCUT2D eigenvalue weighted by atomic mass is 16.6. The number of esters is 1. The zero-order chi connectivity index (χ0) is 17.7. The lowest BCUT2D eigenvalue weighted by molar-refractivity contribution is -0.385. The number of nitro benzene ring substituents is 1. The van der Waals surface area contributed by atoms with Gasteiger partial charge in [-0.2, -0.15) is 0 Å². The second-order valence-corrected chi connectivity index (χ2v) is 6.10. The minimum absolute atomic E-state index is 0.0986. The van der Waals surface area contributed by atoms with Crippen molar-refractivity contribution in [3.8, 4) is 0 Å². The van der Waals surface area contributed by atoms with Gasteiger partial charge in [0.05, 0.1) is 10.5 Å². The van der Waals surface area contributed by atoms with Gasteiger partial charge in [0.2, 0.25) is 0 Å². The van der Waals surface area contributed by atoms with Gasteiger partial charge in [0.15, 0.2) is 6.10 Å². The first-order valence-electron chi connectivity index (χ1n) is 8.15. The first-order valence-corrected chi connectivity index (χ1v) is 8.15. The van der Waals surface area contributed by atoms with Crippen LogP contribution in [0, 0.1) is 17.0 Å².